The van der Waals surface area contributed by atoms with Crippen LogP contribution in [0.25, 0.3) is 0 Å². The molecule has 2 rings (SSSR count). The molecule has 0 radical (unpaired) electrons. The molecule has 1 aliphatic rings. The van der Waals surface area contributed by atoms with E-state index in [4.69, 9.17) is 4.74 Å². The molecule has 2 N–H and O–H groups in total. The monoisotopic (exact) mass is 284 g/mol. The first-order chi connectivity index (χ1) is 8.78. The van der Waals surface area contributed by atoms with E-state index in [-0.39, 0.29) is 18.3 Å². The zero-order valence-electron chi connectivity index (χ0n) is 11.1. The maximum atomic E-state index is 11.7. The highest BCUT2D eigenvalue weighted by Crippen LogP contribution is 2.11. The van der Waals surface area contributed by atoms with Crippen molar-refractivity contribution in [2.24, 2.45) is 0 Å². The van der Waals surface area contributed by atoms with Gasteiger partial charge in [-0.1, -0.05) is 12.1 Å². The Morgan fingerprint density at radius 3 is 2.74 bits per heavy atom. The molecule has 0 saturated carbocycles. The van der Waals surface area contributed by atoms with E-state index in [2.05, 4.69) is 10.6 Å². The van der Waals surface area contributed by atoms with Gasteiger partial charge in [0.15, 0.2) is 0 Å². The standard InChI is InChI=1S/C14H20N2O2.ClH/c1-18-13-6-4-11(5-7-13)10-16-14(17)9-12-3-2-8-15-12;/h4-7,12,15H,2-3,8-10H2,1H3,(H,16,17);1H. The van der Waals surface area contributed by atoms with E-state index in [1.165, 1.54) is 6.42 Å². The second kappa shape index (κ2) is 8.02. The van der Waals surface area contributed by atoms with Crippen LogP contribution < -0.4 is 15.4 Å². The topological polar surface area (TPSA) is 50.4 Å². The Kier molecular flexibility index (Phi) is 6.67. The van der Waals surface area contributed by atoms with Crippen molar-refractivity contribution in [2.45, 2.75) is 31.8 Å². The number of methoxy groups -OCH3 is 1. The fraction of sp³-hybridized carbons (Fsp3) is 0.500. The van der Waals surface area contributed by atoms with Gasteiger partial charge in [0.05, 0.1) is 7.11 Å². The van der Waals surface area contributed by atoms with Crippen LogP contribution in [0.1, 0.15) is 24.8 Å². The second-order valence-electron chi connectivity index (χ2n) is 4.62. The van der Waals surface area contributed by atoms with Gasteiger partial charge < -0.3 is 15.4 Å². The van der Waals surface area contributed by atoms with Crippen molar-refractivity contribution in [2.75, 3.05) is 13.7 Å². The van der Waals surface area contributed by atoms with Gasteiger partial charge in [0, 0.05) is 19.0 Å². The Morgan fingerprint density at radius 1 is 1.42 bits per heavy atom. The lowest BCUT2D eigenvalue weighted by molar-refractivity contribution is -0.121. The highest BCUT2D eigenvalue weighted by atomic mass is 35.5. The summed E-state index contributed by atoms with van der Waals surface area (Å²) >= 11 is 0. The summed E-state index contributed by atoms with van der Waals surface area (Å²) in [6.07, 6.45) is 2.86. The third-order valence-corrected chi connectivity index (χ3v) is 3.24. The van der Waals surface area contributed by atoms with Crippen molar-refractivity contribution >= 4 is 18.3 Å². The highest BCUT2D eigenvalue weighted by molar-refractivity contribution is 5.85. The van der Waals surface area contributed by atoms with E-state index in [0.717, 1.165) is 24.3 Å². The fourth-order valence-corrected chi connectivity index (χ4v) is 2.17. The zero-order chi connectivity index (χ0) is 12.8. The molecule has 0 aliphatic carbocycles. The molecule has 0 spiro atoms. The summed E-state index contributed by atoms with van der Waals surface area (Å²) in [7, 11) is 1.64. The number of halogens is 1. The summed E-state index contributed by atoms with van der Waals surface area (Å²) in [5.74, 6) is 0.949. The minimum absolute atomic E-state index is 0. The van der Waals surface area contributed by atoms with Gasteiger partial charge in [0.1, 0.15) is 5.75 Å². The number of benzene rings is 1. The van der Waals surface area contributed by atoms with E-state index in [1.54, 1.807) is 7.11 Å². The maximum absolute atomic E-state index is 11.7. The van der Waals surface area contributed by atoms with Gasteiger partial charge in [0.2, 0.25) is 5.91 Å². The number of ether oxygens (including phenoxy) is 1. The lowest BCUT2D eigenvalue weighted by Crippen LogP contribution is -2.31. The molecule has 0 bridgehead atoms. The number of carbonyl (C=O) groups excluding carboxylic acids is 1. The van der Waals surface area contributed by atoms with Crippen molar-refractivity contribution in [1.82, 2.24) is 10.6 Å². The van der Waals surface area contributed by atoms with E-state index in [0.29, 0.717) is 19.0 Å². The Morgan fingerprint density at radius 2 is 2.16 bits per heavy atom. The van der Waals surface area contributed by atoms with E-state index in [9.17, 15) is 4.79 Å². The smallest absolute Gasteiger partial charge is 0.221 e. The third kappa shape index (κ3) is 5.09. The van der Waals surface area contributed by atoms with Crippen molar-refractivity contribution in [3.05, 3.63) is 29.8 Å². The minimum atomic E-state index is 0. The second-order valence-corrected chi connectivity index (χ2v) is 4.62. The molecular weight excluding hydrogens is 264 g/mol. The Hall–Kier alpha value is -1.26. The van der Waals surface area contributed by atoms with Gasteiger partial charge in [-0.05, 0) is 37.1 Å². The summed E-state index contributed by atoms with van der Waals surface area (Å²) in [5.41, 5.74) is 1.09. The predicted molar refractivity (Wildman–Crippen MR) is 77.7 cm³/mol. The molecule has 5 heteroatoms. The molecule has 1 atom stereocenters. The largest absolute Gasteiger partial charge is 0.497 e. The average Bonchev–Trinajstić information content (AvgIpc) is 2.90. The molecule has 0 aromatic heterocycles. The van der Waals surface area contributed by atoms with Gasteiger partial charge in [-0.3, -0.25) is 4.79 Å². The van der Waals surface area contributed by atoms with Crippen LogP contribution in [0.4, 0.5) is 0 Å². The highest BCUT2D eigenvalue weighted by Gasteiger charge is 2.17. The fourth-order valence-electron chi connectivity index (χ4n) is 2.17. The maximum Gasteiger partial charge on any atom is 0.221 e. The quantitative estimate of drug-likeness (QED) is 0.868. The van der Waals surface area contributed by atoms with Crippen LogP contribution in [-0.4, -0.2) is 25.6 Å². The SMILES string of the molecule is COc1ccc(CNC(=O)CC2CCCN2)cc1.Cl. The van der Waals surface area contributed by atoms with Crippen LogP contribution in [0.3, 0.4) is 0 Å². The van der Waals surface area contributed by atoms with E-state index >= 15 is 0 Å². The van der Waals surface area contributed by atoms with E-state index < -0.39 is 0 Å². The molecule has 1 aromatic carbocycles. The Bertz CT molecular complexity index is 389. The molecule has 1 amide bonds. The molecule has 1 aromatic rings. The first-order valence-corrected chi connectivity index (χ1v) is 6.41. The Labute approximate surface area is 120 Å². The molecule has 106 valence electrons. The van der Waals surface area contributed by atoms with Gasteiger partial charge >= 0.3 is 0 Å². The average molecular weight is 285 g/mol. The number of carbonyl (C=O) groups is 1. The van der Waals surface area contributed by atoms with Crippen LogP contribution in [-0.2, 0) is 11.3 Å². The Balaban J connectivity index is 0.00000180. The zero-order valence-corrected chi connectivity index (χ0v) is 12.0. The summed E-state index contributed by atoms with van der Waals surface area (Å²) in [5, 5.41) is 6.27. The van der Waals surface area contributed by atoms with Gasteiger partial charge in [-0.25, -0.2) is 0 Å². The van der Waals surface area contributed by atoms with Gasteiger partial charge in [-0.2, -0.15) is 0 Å². The van der Waals surface area contributed by atoms with Gasteiger partial charge in [-0.15, -0.1) is 12.4 Å². The first kappa shape index (κ1) is 15.8. The summed E-state index contributed by atoms with van der Waals surface area (Å²) < 4.78 is 5.09. The summed E-state index contributed by atoms with van der Waals surface area (Å²) in [6.45, 7) is 1.62. The predicted octanol–water partition coefficient (Wildman–Crippen LogP) is 1.88. The summed E-state index contributed by atoms with van der Waals surface area (Å²) in [4.78, 5) is 11.7. The number of rotatable bonds is 5. The molecule has 1 fully saturated rings. The number of hydrogen-bond donors (Lipinski definition) is 2. The molecule has 1 heterocycles. The summed E-state index contributed by atoms with van der Waals surface area (Å²) in [6, 6.07) is 8.10. The first-order valence-electron chi connectivity index (χ1n) is 6.41. The van der Waals surface area contributed by atoms with Crippen LogP contribution in [0.5, 0.6) is 5.75 Å². The number of amides is 1. The molecule has 1 unspecified atom stereocenters. The minimum Gasteiger partial charge on any atom is -0.497 e. The van der Waals surface area contributed by atoms with Crippen molar-refractivity contribution in [3.8, 4) is 5.75 Å². The molecule has 1 aliphatic heterocycles. The van der Waals surface area contributed by atoms with Gasteiger partial charge in [0.25, 0.3) is 0 Å². The number of nitrogens with one attached hydrogen (secondary N) is 2. The van der Waals surface area contributed by atoms with Crippen LogP contribution in [0, 0.1) is 0 Å². The lowest BCUT2D eigenvalue weighted by Gasteiger charge is -2.10. The molecule has 1 saturated heterocycles. The van der Waals surface area contributed by atoms with Crippen LogP contribution in [0.15, 0.2) is 24.3 Å². The third-order valence-electron chi connectivity index (χ3n) is 3.24. The normalized spacial score (nSPS) is 17.6. The van der Waals surface area contributed by atoms with Crippen molar-refractivity contribution in [3.63, 3.8) is 0 Å². The molecular formula is C14H21ClN2O2. The van der Waals surface area contributed by atoms with Crippen LogP contribution in [0.2, 0.25) is 0 Å². The molecule has 4 nitrogen and oxygen atoms in total. The van der Waals surface area contributed by atoms with Crippen molar-refractivity contribution < 1.29 is 9.53 Å². The van der Waals surface area contributed by atoms with Crippen molar-refractivity contribution in [1.29, 1.82) is 0 Å². The van der Waals surface area contributed by atoms with Crippen LogP contribution >= 0.6 is 12.4 Å². The lowest BCUT2D eigenvalue weighted by atomic mass is 10.1. The molecule has 19 heavy (non-hydrogen) atoms. The number of hydrogen-bond acceptors (Lipinski definition) is 3. The van der Waals surface area contributed by atoms with E-state index in [1.807, 2.05) is 24.3 Å².